The van der Waals surface area contributed by atoms with Crippen molar-refractivity contribution in [1.29, 1.82) is 0 Å². The summed E-state index contributed by atoms with van der Waals surface area (Å²) in [7, 11) is 0. The van der Waals surface area contributed by atoms with Gasteiger partial charge in [0.05, 0.1) is 12.4 Å². The molecule has 0 aromatic heterocycles. The number of non-ortho nitro benzene ring substituents is 1. The van der Waals surface area contributed by atoms with Crippen LogP contribution in [0.4, 0.5) is 5.69 Å². The third-order valence-electron chi connectivity index (χ3n) is 1.27. The quantitative estimate of drug-likeness (QED) is 0.540. The average Bonchev–Trinajstić information content (AvgIpc) is 2.26. The molecule has 4 heteroatoms. The van der Waals surface area contributed by atoms with Crippen molar-refractivity contribution in [3.63, 3.8) is 0 Å². The van der Waals surface area contributed by atoms with Crippen molar-refractivity contribution in [2.45, 2.75) is 19.8 Å². The second-order valence-corrected chi connectivity index (χ2v) is 2.18. The highest BCUT2D eigenvalue weighted by Crippen LogP contribution is 2.17. The van der Waals surface area contributed by atoms with Gasteiger partial charge in [0.1, 0.15) is 5.75 Å². The normalized spacial score (nSPS) is 20.8. The topological polar surface area (TPSA) is 52.4 Å². The van der Waals surface area contributed by atoms with Crippen molar-refractivity contribution < 1.29 is 19.3 Å². The third-order valence-corrected chi connectivity index (χ3v) is 1.27. The van der Waals surface area contributed by atoms with Gasteiger partial charge in [-0.15, -0.1) is 0 Å². The molecule has 13 heavy (non-hydrogen) atoms. The fourth-order valence-electron chi connectivity index (χ4n) is 0.754. The highest BCUT2D eigenvalue weighted by atomic mass is 16.6. The van der Waals surface area contributed by atoms with E-state index in [9.17, 15) is 10.1 Å². The predicted octanol–water partition coefficient (Wildman–Crippen LogP) is 2.38. The molecule has 4 nitrogen and oxygen atoms in total. The van der Waals surface area contributed by atoms with Gasteiger partial charge in [0, 0.05) is 20.4 Å². The van der Waals surface area contributed by atoms with E-state index in [0.29, 0.717) is 0 Å². The maximum Gasteiger partial charge on any atom is 0.269 e. The first-order valence-corrected chi connectivity index (χ1v) is 3.32. The van der Waals surface area contributed by atoms with E-state index < -0.39 is 24.7 Å². The summed E-state index contributed by atoms with van der Waals surface area (Å²) < 4.78 is 55.3. The maximum atomic E-state index is 10.5. The molecular formula is C9H11NO3. The Morgan fingerprint density at radius 3 is 2.62 bits per heavy atom. The first-order chi connectivity index (χ1) is 8.88. The van der Waals surface area contributed by atoms with Crippen LogP contribution in [-0.4, -0.2) is 11.0 Å². The molecule has 70 valence electrons. The van der Waals surface area contributed by atoms with Crippen LogP contribution >= 0.6 is 0 Å². The molecule has 1 aromatic rings. The second kappa shape index (κ2) is 3.89. The molecule has 0 N–H and O–H groups in total. The number of nitrogens with zero attached hydrogens (tertiary/aromatic N) is 1. The summed E-state index contributed by atoms with van der Waals surface area (Å²) >= 11 is 0. The number of rotatable bonds is 3. The van der Waals surface area contributed by atoms with Gasteiger partial charge in [-0.3, -0.25) is 10.1 Å². The SMILES string of the molecule is [2H]C([2H])([2H])C([2H])(Oc1ccc([N+](=O)[O-])cc1)C([2H])([2H])[2H]. The summed E-state index contributed by atoms with van der Waals surface area (Å²) in [5.74, 6) is -0.252. The molecule has 0 atom stereocenters. The fraction of sp³-hybridized carbons (Fsp3) is 0.333. The lowest BCUT2D eigenvalue weighted by Gasteiger charge is -2.08. The van der Waals surface area contributed by atoms with Gasteiger partial charge < -0.3 is 4.74 Å². The first kappa shape index (κ1) is 3.65. The highest BCUT2D eigenvalue weighted by Gasteiger charge is 2.04. The van der Waals surface area contributed by atoms with Crippen LogP contribution in [-0.2, 0) is 0 Å². The summed E-state index contributed by atoms with van der Waals surface area (Å²) in [5.41, 5.74) is -0.268. The van der Waals surface area contributed by atoms with Crippen LogP contribution in [0.1, 0.15) is 23.3 Å². The molecule has 1 rings (SSSR count). The first-order valence-electron chi connectivity index (χ1n) is 6.82. The van der Waals surface area contributed by atoms with Crippen molar-refractivity contribution >= 4 is 5.69 Å². The van der Waals surface area contributed by atoms with E-state index in [1.807, 2.05) is 0 Å². The van der Waals surface area contributed by atoms with Gasteiger partial charge in [-0.05, 0) is 25.8 Å². The van der Waals surface area contributed by atoms with Crippen molar-refractivity contribution in [2.75, 3.05) is 0 Å². The van der Waals surface area contributed by atoms with Crippen LogP contribution in [0.15, 0.2) is 24.3 Å². The van der Waals surface area contributed by atoms with E-state index in [2.05, 4.69) is 0 Å². The Balaban J connectivity index is 3.12. The Morgan fingerprint density at radius 1 is 1.54 bits per heavy atom. The van der Waals surface area contributed by atoms with Crippen LogP contribution in [0.3, 0.4) is 0 Å². The van der Waals surface area contributed by atoms with Crippen molar-refractivity contribution in [3.05, 3.63) is 34.4 Å². The molecule has 0 bridgehead atoms. The second-order valence-electron chi connectivity index (χ2n) is 2.18. The van der Waals surface area contributed by atoms with E-state index in [-0.39, 0.29) is 11.4 Å². The molecule has 0 radical (unpaired) electrons. The summed E-state index contributed by atoms with van der Waals surface area (Å²) in [4.78, 5) is 9.79. The van der Waals surface area contributed by atoms with Gasteiger partial charge in [0.25, 0.3) is 5.69 Å². The number of hydrogen-bond acceptors (Lipinski definition) is 3. The largest absolute Gasteiger partial charge is 0.491 e. The van der Waals surface area contributed by atoms with Gasteiger partial charge in [-0.25, -0.2) is 0 Å². The van der Waals surface area contributed by atoms with Gasteiger partial charge in [-0.2, -0.15) is 0 Å². The van der Waals surface area contributed by atoms with Crippen LogP contribution < -0.4 is 4.74 Å². The molecule has 0 unspecified atom stereocenters. The molecule has 0 spiro atoms. The Kier molecular flexibility index (Phi) is 1.09. The molecule has 0 saturated heterocycles. The number of nitro benzene ring substituents is 1. The van der Waals surface area contributed by atoms with Gasteiger partial charge >= 0.3 is 0 Å². The minimum absolute atomic E-state index is 0.252. The van der Waals surface area contributed by atoms with E-state index in [1.165, 1.54) is 0 Å². The zero-order chi connectivity index (χ0) is 15.8. The average molecular weight is 188 g/mol. The minimum atomic E-state index is -3.22. The molecular weight excluding hydrogens is 170 g/mol. The number of nitro groups is 1. The Hall–Kier alpha value is -1.58. The zero-order valence-corrected chi connectivity index (χ0v) is 6.48. The van der Waals surface area contributed by atoms with Crippen LogP contribution in [0, 0.1) is 10.1 Å². The van der Waals surface area contributed by atoms with E-state index in [4.69, 9.17) is 14.3 Å². The molecule has 1 aromatic carbocycles. The lowest BCUT2D eigenvalue weighted by Crippen LogP contribution is -2.05. The van der Waals surface area contributed by atoms with E-state index >= 15 is 0 Å². The van der Waals surface area contributed by atoms with Crippen molar-refractivity contribution in [2.24, 2.45) is 0 Å². The Labute approximate surface area is 86.1 Å². The smallest absolute Gasteiger partial charge is 0.269 e. The van der Waals surface area contributed by atoms with Crippen molar-refractivity contribution in [3.8, 4) is 5.75 Å². The summed E-state index contributed by atoms with van der Waals surface area (Å²) in [6.45, 7) is -6.44. The zero-order valence-electron chi connectivity index (χ0n) is 13.5. The highest BCUT2D eigenvalue weighted by molar-refractivity contribution is 5.35. The monoisotopic (exact) mass is 188 g/mol. The van der Waals surface area contributed by atoms with Gasteiger partial charge in [-0.1, -0.05) is 0 Å². The summed E-state index contributed by atoms with van der Waals surface area (Å²) in [6.07, 6.45) is -3.16. The summed E-state index contributed by atoms with van der Waals surface area (Å²) in [5, 5.41) is 10.5. The summed E-state index contributed by atoms with van der Waals surface area (Å²) in [6, 6.07) is 4.13. The molecule has 0 heterocycles. The van der Waals surface area contributed by atoms with Gasteiger partial charge in [0.2, 0.25) is 0 Å². The number of hydrogen-bond donors (Lipinski definition) is 0. The van der Waals surface area contributed by atoms with Crippen LogP contribution in [0.25, 0.3) is 0 Å². The molecule has 0 fully saturated rings. The van der Waals surface area contributed by atoms with Crippen molar-refractivity contribution in [1.82, 2.24) is 0 Å². The lowest BCUT2D eigenvalue weighted by atomic mass is 10.3. The van der Waals surface area contributed by atoms with Gasteiger partial charge in [0.15, 0.2) is 0 Å². The maximum absolute atomic E-state index is 10.5. The standard InChI is InChI=1S/C9H11NO3/c1-7(2)13-9-5-3-8(4-6-9)10(11)12/h3-7H,1-2H3/i1D3,2D3,7D. The Bertz CT molecular complexity index is 480. The third kappa shape index (κ3) is 2.74. The molecule has 0 amide bonds. The van der Waals surface area contributed by atoms with E-state index in [0.717, 1.165) is 24.3 Å². The molecule has 0 aliphatic heterocycles. The molecule has 0 aliphatic carbocycles. The number of benzene rings is 1. The fourth-order valence-corrected chi connectivity index (χ4v) is 0.754. The predicted molar refractivity (Wildman–Crippen MR) is 48.9 cm³/mol. The molecule has 0 saturated carbocycles. The van der Waals surface area contributed by atoms with Crippen LogP contribution in [0.5, 0.6) is 5.75 Å². The molecule has 0 aliphatic rings. The number of ether oxygens (including phenoxy) is 1. The van der Waals surface area contributed by atoms with E-state index in [1.54, 1.807) is 0 Å². The van der Waals surface area contributed by atoms with Crippen LogP contribution in [0.2, 0.25) is 0 Å². The Morgan fingerprint density at radius 2 is 2.15 bits per heavy atom. The lowest BCUT2D eigenvalue weighted by molar-refractivity contribution is -0.384. The minimum Gasteiger partial charge on any atom is -0.491 e.